The SMILES string of the molecule is CC(C)(C)[C@@H]1CC[C@@H](O)[C@H](C(C)(C)C)C1. The van der Waals surface area contributed by atoms with Crippen LogP contribution in [0.15, 0.2) is 0 Å². The van der Waals surface area contributed by atoms with Crippen molar-refractivity contribution in [2.45, 2.75) is 66.9 Å². The minimum absolute atomic E-state index is 0.0800. The van der Waals surface area contributed by atoms with Crippen molar-refractivity contribution in [2.75, 3.05) is 0 Å². The molecule has 1 fully saturated rings. The number of aliphatic hydroxyl groups is 1. The van der Waals surface area contributed by atoms with Gasteiger partial charge in [-0.15, -0.1) is 0 Å². The normalized spacial score (nSPS) is 34.2. The molecule has 1 aliphatic carbocycles. The minimum Gasteiger partial charge on any atom is -0.393 e. The summed E-state index contributed by atoms with van der Waals surface area (Å²) in [5.41, 5.74) is 0.632. The molecule has 1 nitrogen and oxygen atoms in total. The Morgan fingerprint density at radius 2 is 1.40 bits per heavy atom. The lowest BCUT2D eigenvalue weighted by atomic mass is 9.62. The van der Waals surface area contributed by atoms with Crippen molar-refractivity contribution in [3.05, 3.63) is 0 Å². The van der Waals surface area contributed by atoms with Gasteiger partial charge in [-0.1, -0.05) is 41.5 Å². The molecule has 0 spiro atoms. The van der Waals surface area contributed by atoms with E-state index in [0.29, 0.717) is 11.3 Å². The number of rotatable bonds is 0. The van der Waals surface area contributed by atoms with Gasteiger partial charge in [0.1, 0.15) is 0 Å². The quantitative estimate of drug-likeness (QED) is 0.646. The smallest absolute Gasteiger partial charge is 0.0573 e. The highest BCUT2D eigenvalue weighted by Crippen LogP contribution is 2.46. The van der Waals surface area contributed by atoms with E-state index in [0.717, 1.165) is 12.3 Å². The minimum atomic E-state index is -0.0800. The maximum Gasteiger partial charge on any atom is 0.0573 e. The van der Waals surface area contributed by atoms with Crippen molar-refractivity contribution in [3.63, 3.8) is 0 Å². The van der Waals surface area contributed by atoms with Crippen LogP contribution < -0.4 is 0 Å². The summed E-state index contributed by atoms with van der Waals surface area (Å²) in [6, 6.07) is 0. The van der Waals surface area contributed by atoms with E-state index in [9.17, 15) is 5.11 Å². The molecule has 1 rings (SSSR count). The predicted molar refractivity (Wildman–Crippen MR) is 65.7 cm³/mol. The van der Waals surface area contributed by atoms with E-state index in [-0.39, 0.29) is 11.5 Å². The van der Waals surface area contributed by atoms with Crippen LogP contribution in [0.2, 0.25) is 0 Å². The summed E-state index contributed by atoms with van der Waals surface area (Å²) >= 11 is 0. The summed E-state index contributed by atoms with van der Waals surface area (Å²) in [7, 11) is 0. The molecule has 0 aromatic rings. The third-order valence-corrected chi connectivity index (χ3v) is 4.15. The highest BCUT2D eigenvalue weighted by molar-refractivity contribution is 4.90. The second kappa shape index (κ2) is 4.08. The Balaban J connectivity index is 2.73. The topological polar surface area (TPSA) is 20.2 Å². The van der Waals surface area contributed by atoms with Gasteiger partial charge in [-0.3, -0.25) is 0 Å². The van der Waals surface area contributed by atoms with Crippen LogP contribution in [0.3, 0.4) is 0 Å². The molecule has 3 atom stereocenters. The number of hydrogen-bond acceptors (Lipinski definition) is 1. The summed E-state index contributed by atoms with van der Waals surface area (Å²) in [4.78, 5) is 0. The molecule has 0 aromatic carbocycles. The van der Waals surface area contributed by atoms with E-state index in [1.807, 2.05) is 0 Å². The van der Waals surface area contributed by atoms with Crippen molar-refractivity contribution in [1.82, 2.24) is 0 Å². The highest BCUT2D eigenvalue weighted by Gasteiger charge is 2.40. The average molecular weight is 212 g/mol. The molecular weight excluding hydrogens is 184 g/mol. The zero-order chi connectivity index (χ0) is 11.9. The Hall–Kier alpha value is -0.0400. The van der Waals surface area contributed by atoms with Gasteiger partial charge < -0.3 is 5.11 Å². The fraction of sp³-hybridized carbons (Fsp3) is 1.00. The lowest BCUT2D eigenvalue weighted by Gasteiger charge is -2.45. The molecule has 1 aliphatic rings. The van der Waals surface area contributed by atoms with E-state index in [1.165, 1.54) is 12.8 Å². The first-order chi connectivity index (χ1) is 6.62. The molecule has 1 saturated carbocycles. The van der Waals surface area contributed by atoms with Gasteiger partial charge in [-0.25, -0.2) is 0 Å². The molecule has 0 bridgehead atoms. The third-order valence-electron chi connectivity index (χ3n) is 4.15. The van der Waals surface area contributed by atoms with Crippen molar-refractivity contribution < 1.29 is 5.11 Å². The van der Waals surface area contributed by atoms with Crippen LogP contribution in [-0.2, 0) is 0 Å². The van der Waals surface area contributed by atoms with Crippen LogP contribution in [0, 0.1) is 22.7 Å². The van der Waals surface area contributed by atoms with Crippen molar-refractivity contribution in [2.24, 2.45) is 22.7 Å². The Kier molecular flexibility index (Phi) is 3.55. The van der Waals surface area contributed by atoms with Crippen molar-refractivity contribution in [1.29, 1.82) is 0 Å². The Bertz CT molecular complexity index is 206. The van der Waals surface area contributed by atoms with E-state index < -0.39 is 0 Å². The number of hydrogen-bond donors (Lipinski definition) is 1. The molecule has 0 amide bonds. The van der Waals surface area contributed by atoms with Crippen LogP contribution in [-0.4, -0.2) is 11.2 Å². The van der Waals surface area contributed by atoms with Gasteiger partial charge in [0, 0.05) is 0 Å². The Labute approximate surface area is 95.3 Å². The molecule has 0 unspecified atom stereocenters. The first-order valence-electron chi connectivity index (χ1n) is 6.30. The molecule has 90 valence electrons. The summed E-state index contributed by atoms with van der Waals surface area (Å²) in [6.45, 7) is 13.8. The first kappa shape index (κ1) is 13.0. The second-order valence-electron chi connectivity index (χ2n) is 7.42. The molecule has 0 aromatic heterocycles. The fourth-order valence-electron chi connectivity index (χ4n) is 2.87. The monoisotopic (exact) mass is 212 g/mol. The van der Waals surface area contributed by atoms with Gasteiger partial charge in [0.2, 0.25) is 0 Å². The summed E-state index contributed by atoms with van der Waals surface area (Å²) in [5, 5.41) is 10.1. The largest absolute Gasteiger partial charge is 0.393 e. The van der Waals surface area contributed by atoms with E-state index in [4.69, 9.17) is 0 Å². The Morgan fingerprint density at radius 1 is 0.867 bits per heavy atom. The van der Waals surface area contributed by atoms with E-state index in [1.54, 1.807) is 0 Å². The standard InChI is InChI=1S/C14H28O/c1-13(2,3)10-7-8-12(15)11(9-10)14(4,5)6/h10-12,15H,7-9H2,1-6H3/t10-,11-,12-/m1/s1. The van der Waals surface area contributed by atoms with Crippen LogP contribution in [0.1, 0.15) is 60.8 Å². The van der Waals surface area contributed by atoms with Crippen LogP contribution in [0.4, 0.5) is 0 Å². The van der Waals surface area contributed by atoms with E-state index >= 15 is 0 Å². The van der Waals surface area contributed by atoms with Gasteiger partial charge in [-0.05, 0) is 41.9 Å². The van der Waals surface area contributed by atoms with Crippen molar-refractivity contribution in [3.8, 4) is 0 Å². The zero-order valence-electron chi connectivity index (χ0n) is 11.3. The van der Waals surface area contributed by atoms with Crippen molar-refractivity contribution >= 4 is 0 Å². The maximum atomic E-state index is 10.1. The summed E-state index contributed by atoms with van der Waals surface area (Å²) in [5.74, 6) is 1.24. The summed E-state index contributed by atoms with van der Waals surface area (Å²) in [6.07, 6.45) is 3.29. The third kappa shape index (κ3) is 3.21. The second-order valence-corrected chi connectivity index (χ2v) is 7.42. The van der Waals surface area contributed by atoms with Crippen LogP contribution in [0.5, 0.6) is 0 Å². The molecule has 1 N–H and O–H groups in total. The maximum absolute atomic E-state index is 10.1. The lowest BCUT2D eigenvalue weighted by molar-refractivity contribution is -0.0288. The fourth-order valence-corrected chi connectivity index (χ4v) is 2.87. The molecule has 0 aliphatic heterocycles. The molecule has 15 heavy (non-hydrogen) atoms. The van der Waals surface area contributed by atoms with Gasteiger partial charge in [-0.2, -0.15) is 0 Å². The molecular formula is C14H28O. The zero-order valence-corrected chi connectivity index (χ0v) is 11.3. The average Bonchev–Trinajstić information content (AvgIpc) is 2.00. The lowest BCUT2D eigenvalue weighted by Crippen LogP contribution is -2.40. The van der Waals surface area contributed by atoms with E-state index in [2.05, 4.69) is 41.5 Å². The Morgan fingerprint density at radius 3 is 1.80 bits per heavy atom. The van der Waals surface area contributed by atoms with Gasteiger partial charge in [0.25, 0.3) is 0 Å². The van der Waals surface area contributed by atoms with Gasteiger partial charge in [0.05, 0.1) is 6.10 Å². The van der Waals surface area contributed by atoms with Crippen LogP contribution >= 0.6 is 0 Å². The highest BCUT2D eigenvalue weighted by atomic mass is 16.3. The van der Waals surface area contributed by atoms with Gasteiger partial charge >= 0.3 is 0 Å². The summed E-state index contributed by atoms with van der Waals surface area (Å²) < 4.78 is 0. The number of aliphatic hydroxyl groups excluding tert-OH is 1. The molecule has 1 heteroatoms. The molecule has 0 heterocycles. The predicted octanol–water partition coefficient (Wildman–Crippen LogP) is 3.86. The molecule has 0 radical (unpaired) electrons. The molecule has 0 saturated heterocycles. The van der Waals surface area contributed by atoms with Gasteiger partial charge in [0.15, 0.2) is 0 Å². The first-order valence-corrected chi connectivity index (χ1v) is 6.30. The van der Waals surface area contributed by atoms with Crippen LogP contribution in [0.25, 0.3) is 0 Å².